The van der Waals surface area contributed by atoms with Crippen LogP contribution in [0.25, 0.3) is 0 Å². The van der Waals surface area contributed by atoms with E-state index >= 15 is 0 Å². The number of carbonyl (C=O) groups excluding carboxylic acids is 1. The van der Waals surface area contributed by atoms with Crippen molar-refractivity contribution < 1.29 is 24.1 Å². The normalized spacial score (nSPS) is 15.1. The summed E-state index contributed by atoms with van der Waals surface area (Å²) in [5, 5.41) is 9.75. The molecule has 3 aromatic carbocycles. The maximum absolute atomic E-state index is 11.4. The quantitative estimate of drug-likeness (QED) is 0.493. The lowest BCUT2D eigenvalue weighted by Crippen LogP contribution is -2.17. The maximum Gasteiger partial charge on any atom is 0.308 e. The second-order valence-corrected chi connectivity index (χ2v) is 7.00. The van der Waals surface area contributed by atoms with Crippen molar-refractivity contribution in [3.8, 4) is 23.0 Å². The van der Waals surface area contributed by atoms with Crippen molar-refractivity contribution in [2.75, 3.05) is 0 Å². The lowest BCUT2D eigenvalue weighted by Gasteiger charge is -2.28. The van der Waals surface area contributed by atoms with E-state index < -0.39 is 5.97 Å². The molecule has 1 aliphatic heterocycles. The van der Waals surface area contributed by atoms with Gasteiger partial charge in [-0.1, -0.05) is 36.4 Å². The minimum Gasteiger partial charge on any atom is -0.508 e. The second-order valence-electron chi connectivity index (χ2n) is 7.00. The summed E-state index contributed by atoms with van der Waals surface area (Å²) < 4.78 is 17.4. The van der Waals surface area contributed by atoms with Gasteiger partial charge in [0.25, 0.3) is 0 Å². The number of ether oxygens (including phenoxy) is 3. The first-order chi connectivity index (χ1) is 14.1. The Kier molecular flexibility index (Phi) is 5.38. The van der Waals surface area contributed by atoms with Crippen LogP contribution < -0.4 is 14.2 Å². The standard InChI is InChI=1S/C24H22O5/c1-16(25)28-24-13-19(26)9-11-21(24)22-12-8-18-7-10-20(14-23(18)29-22)27-15-17-5-3-2-4-6-17/h2-7,9-11,13-14,22,26H,8,12,15H2,1H3. The lowest BCUT2D eigenvalue weighted by molar-refractivity contribution is -0.132. The average molecular weight is 390 g/mol. The molecule has 29 heavy (non-hydrogen) atoms. The van der Waals surface area contributed by atoms with Crippen molar-refractivity contribution >= 4 is 5.97 Å². The van der Waals surface area contributed by atoms with Gasteiger partial charge in [0.15, 0.2) is 0 Å². The Balaban J connectivity index is 1.53. The minimum absolute atomic E-state index is 0.0396. The topological polar surface area (TPSA) is 65.0 Å². The van der Waals surface area contributed by atoms with Crippen LogP contribution in [0.3, 0.4) is 0 Å². The fourth-order valence-corrected chi connectivity index (χ4v) is 3.43. The summed E-state index contributed by atoms with van der Waals surface area (Å²) >= 11 is 0. The smallest absolute Gasteiger partial charge is 0.308 e. The fourth-order valence-electron chi connectivity index (χ4n) is 3.43. The van der Waals surface area contributed by atoms with E-state index in [4.69, 9.17) is 14.2 Å². The second kappa shape index (κ2) is 8.27. The highest BCUT2D eigenvalue weighted by Gasteiger charge is 2.25. The largest absolute Gasteiger partial charge is 0.508 e. The number of hydrogen-bond donors (Lipinski definition) is 1. The number of rotatable bonds is 5. The minimum atomic E-state index is -0.440. The molecular formula is C24H22O5. The third-order valence-electron chi connectivity index (χ3n) is 4.83. The maximum atomic E-state index is 11.4. The van der Waals surface area contributed by atoms with E-state index in [0.29, 0.717) is 12.4 Å². The van der Waals surface area contributed by atoms with Gasteiger partial charge in [-0.2, -0.15) is 0 Å². The molecule has 5 nitrogen and oxygen atoms in total. The monoisotopic (exact) mass is 390 g/mol. The number of hydrogen-bond acceptors (Lipinski definition) is 5. The Hall–Kier alpha value is -3.47. The van der Waals surface area contributed by atoms with Crippen LogP contribution in [-0.2, 0) is 17.8 Å². The van der Waals surface area contributed by atoms with Crippen LogP contribution >= 0.6 is 0 Å². The fraction of sp³-hybridized carbons (Fsp3) is 0.208. The molecular weight excluding hydrogens is 368 g/mol. The molecule has 0 amide bonds. The van der Waals surface area contributed by atoms with Crippen LogP contribution in [0.15, 0.2) is 66.7 Å². The van der Waals surface area contributed by atoms with Gasteiger partial charge < -0.3 is 19.3 Å². The van der Waals surface area contributed by atoms with Crippen LogP contribution in [0.5, 0.6) is 23.0 Å². The lowest BCUT2D eigenvalue weighted by atomic mass is 9.96. The Labute approximate surface area is 169 Å². The zero-order valence-corrected chi connectivity index (χ0v) is 16.1. The van der Waals surface area contributed by atoms with Crippen LogP contribution in [0.1, 0.15) is 36.1 Å². The number of aryl methyl sites for hydroxylation is 1. The molecule has 5 heteroatoms. The molecule has 0 saturated heterocycles. The number of benzene rings is 3. The molecule has 1 atom stereocenters. The van der Waals surface area contributed by atoms with Gasteiger partial charge in [-0.05, 0) is 42.2 Å². The van der Waals surface area contributed by atoms with Gasteiger partial charge in [-0.3, -0.25) is 4.79 Å². The van der Waals surface area contributed by atoms with Crippen molar-refractivity contribution in [1.82, 2.24) is 0 Å². The van der Waals surface area contributed by atoms with Gasteiger partial charge in [0.2, 0.25) is 0 Å². The summed E-state index contributed by atoms with van der Waals surface area (Å²) in [6, 6.07) is 20.6. The number of phenolic OH excluding ortho intramolecular Hbond substituents is 1. The van der Waals surface area contributed by atoms with Crippen LogP contribution in [0, 0.1) is 0 Å². The van der Waals surface area contributed by atoms with E-state index in [2.05, 4.69) is 0 Å². The van der Waals surface area contributed by atoms with E-state index in [1.807, 2.05) is 48.5 Å². The van der Waals surface area contributed by atoms with E-state index in [9.17, 15) is 9.90 Å². The summed E-state index contributed by atoms with van der Waals surface area (Å²) in [7, 11) is 0. The molecule has 0 bridgehead atoms. The Morgan fingerprint density at radius 1 is 1.10 bits per heavy atom. The number of phenols is 1. The van der Waals surface area contributed by atoms with E-state index in [-0.39, 0.29) is 11.9 Å². The molecule has 0 aromatic heterocycles. The van der Waals surface area contributed by atoms with E-state index in [0.717, 1.165) is 41.0 Å². The molecule has 4 rings (SSSR count). The van der Waals surface area contributed by atoms with Crippen LogP contribution in [0.4, 0.5) is 0 Å². The number of esters is 1. The summed E-state index contributed by atoms with van der Waals surface area (Å²) in [4.78, 5) is 11.4. The summed E-state index contributed by atoms with van der Waals surface area (Å²) in [5.74, 6) is 1.41. The zero-order chi connectivity index (χ0) is 20.2. The predicted octanol–water partition coefficient (Wildman–Crippen LogP) is 4.96. The number of carbonyl (C=O) groups is 1. The Morgan fingerprint density at radius 3 is 2.72 bits per heavy atom. The summed E-state index contributed by atoms with van der Waals surface area (Å²) in [6.45, 7) is 1.82. The third-order valence-corrected chi connectivity index (χ3v) is 4.83. The molecule has 0 saturated carbocycles. The molecule has 1 aliphatic rings. The van der Waals surface area contributed by atoms with Crippen molar-refractivity contribution in [3.05, 3.63) is 83.4 Å². The molecule has 0 spiro atoms. The van der Waals surface area contributed by atoms with Crippen LogP contribution in [-0.4, -0.2) is 11.1 Å². The number of aromatic hydroxyl groups is 1. The van der Waals surface area contributed by atoms with E-state index in [1.165, 1.54) is 13.0 Å². The van der Waals surface area contributed by atoms with Gasteiger partial charge in [0.05, 0.1) is 0 Å². The van der Waals surface area contributed by atoms with Crippen molar-refractivity contribution in [2.45, 2.75) is 32.5 Å². The van der Waals surface area contributed by atoms with E-state index in [1.54, 1.807) is 12.1 Å². The first-order valence-electron chi connectivity index (χ1n) is 9.56. The first kappa shape index (κ1) is 18.9. The van der Waals surface area contributed by atoms with Gasteiger partial charge in [0.1, 0.15) is 35.7 Å². The highest BCUT2D eigenvalue weighted by molar-refractivity contribution is 5.70. The van der Waals surface area contributed by atoms with Gasteiger partial charge in [0, 0.05) is 24.6 Å². The average Bonchev–Trinajstić information content (AvgIpc) is 2.72. The molecule has 1 heterocycles. The molecule has 1 unspecified atom stereocenters. The summed E-state index contributed by atoms with van der Waals surface area (Å²) in [6.07, 6.45) is 1.30. The molecule has 0 aliphatic carbocycles. The molecule has 0 fully saturated rings. The van der Waals surface area contributed by atoms with Gasteiger partial charge >= 0.3 is 5.97 Å². The summed E-state index contributed by atoms with van der Waals surface area (Å²) in [5.41, 5.74) is 2.94. The van der Waals surface area contributed by atoms with Crippen molar-refractivity contribution in [2.24, 2.45) is 0 Å². The Morgan fingerprint density at radius 2 is 1.93 bits per heavy atom. The van der Waals surface area contributed by atoms with Crippen LogP contribution in [0.2, 0.25) is 0 Å². The molecule has 1 N–H and O–H groups in total. The predicted molar refractivity (Wildman–Crippen MR) is 108 cm³/mol. The molecule has 148 valence electrons. The Bertz CT molecular complexity index is 1010. The molecule has 3 aromatic rings. The zero-order valence-electron chi connectivity index (χ0n) is 16.1. The van der Waals surface area contributed by atoms with Crippen molar-refractivity contribution in [3.63, 3.8) is 0 Å². The molecule has 0 radical (unpaired) electrons. The highest BCUT2D eigenvalue weighted by atomic mass is 16.5. The highest BCUT2D eigenvalue weighted by Crippen LogP contribution is 2.40. The first-order valence-corrected chi connectivity index (χ1v) is 9.56. The van der Waals surface area contributed by atoms with Gasteiger partial charge in [-0.15, -0.1) is 0 Å². The SMILES string of the molecule is CC(=O)Oc1cc(O)ccc1C1CCc2ccc(OCc3ccccc3)cc2O1. The third kappa shape index (κ3) is 4.51. The number of fused-ring (bicyclic) bond motifs is 1. The van der Waals surface area contributed by atoms with Gasteiger partial charge in [-0.25, -0.2) is 0 Å². The van der Waals surface area contributed by atoms with Crippen molar-refractivity contribution in [1.29, 1.82) is 0 Å².